The van der Waals surface area contributed by atoms with Crippen molar-refractivity contribution in [2.75, 3.05) is 13.2 Å². The van der Waals surface area contributed by atoms with Crippen LogP contribution in [0.1, 0.15) is 84.5 Å². The van der Waals surface area contributed by atoms with E-state index in [-0.39, 0.29) is 18.4 Å². The van der Waals surface area contributed by atoms with E-state index in [0.717, 1.165) is 19.3 Å². The molecule has 4 nitrogen and oxygen atoms in total. The Labute approximate surface area is 130 Å². The van der Waals surface area contributed by atoms with Crippen molar-refractivity contribution >= 4 is 11.9 Å². The van der Waals surface area contributed by atoms with Gasteiger partial charge in [0.25, 0.3) is 0 Å². The maximum atomic E-state index is 11.5. The number of rotatable bonds is 14. The lowest BCUT2D eigenvalue weighted by molar-refractivity contribution is -0.143. The number of esters is 1. The Hall–Kier alpha value is -1.06. The van der Waals surface area contributed by atoms with E-state index in [4.69, 9.17) is 4.74 Å². The number of hydrogen-bond donors (Lipinski definition) is 1. The Balaban J connectivity index is 3.28. The maximum absolute atomic E-state index is 11.5. The summed E-state index contributed by atoms with van der Waals surface area (Å²) < 4.78 is 4.89. The van der Waals surface area contributed by atoms with Crippen molar-refractivity contribution in [3.8, 4) is 0 Å². The van der Waals surface area contributed by atoms with Gasteiger partial charge in [-0.05, 0) is 12.8 Å². The summed E-state index contributed by atoms with van der Waals surface area (Å²) in [4.78, 5) is 22.7. The number of carbonyl (C=O) groups is 2. The zero-order chi connectivity index (χ0) is 15.8. The second-order valence-corrected chi connectivity index (χ2v) is 5.58. The maximum Gasteiger partial charge on any atom is 0.325 e. The minimum atomic E-state index is -0.350. The van der Waals surface area contributed by atoms with Crippen LogP contribution in [0.15, 0.2) is 0 Å². The molecule has 0 saturated heterocycles. The molecule has 0 aromatic carbocycles. The quantitative estimate of drug-likeness (QED) is 0.390. The molecule has 1 N–H and O–H groups in total. The average Bonchev–Trinajstić information content (AvgIpc) is 2.49. The normalized spacial score (nSPS) is 10.4. The average molecular weight is 299 g/mol. The Kier molecular flexibility index (Phi) is 14.6. The molecule has 0 saturated carbocycles. The number of nitrogens with one attached hydrogen (secondary N) is 1. The summed E-state index contributed by atoms with van der Waals surface area (Å²) in [7, 11) is 0. The van der Waals surface area contributed by atoms with Crippen molar-refractivity contribution in [1.82, 2.24) is 5.32 Å². The minimum Gasteiger partial charge on any atom is -0.464 e. The van der Waals surface area contributed by atoms with E-state index in [9.17, 15) is 9.59 Å². The summed E-state index contributed by atoms with van der Waals surface area (Å²) in [5, 5.41) is 2.60. The fourth-order valence-electron chi connectivity index (χ4n) is 2.12. The largest absolute Gasteiger partial charge is 0.464 e. The van der Waals surface area contributed by atoms with Gasteiger partial charge in [-0.25, -0.2) is 0 Å². The number of unbranched alkanes of at least 4 members (excludes halogenated alkanes) is 8. The Morgan fingerprint density at radius 1 is 0.810 bits per heavy atom. The first-order chi connectivity index (χ1) is 10.2. The highest BCUT2D eigenvalue weighted by molar-refractivity contribution is 5.81. The molecule has 0 atom stereocenters. The van der Waals surface area contributed by atoms with Gasteiger partial charge in [0.15, 0.2) is 0 Å². The van der Waals surface area contributed by atoms with E-state index < -0.39 is 0 Å². The van der Waals surface area contributed by atoms with Crippen LogP contribution in [-0.4, -0.2) is 25.0 Å². The molecule has 0 unspecified atom stereocenters. The molecule has 0 aliphatic rings. The molecule has 1 amide bonds. The fraction of sp³-hybridized carbons (Fsp3) is 0.882. The van der Waals surface area contributed by atoms with Gasteiger partial charge in [-0.15, -0.1) is 0 Å². The van der Waals surface area contributed by atoms with Crippen molar-refractivity contribution in [2.45, 2.75) is 84.5 Å². The van der Waals surface area contributed by atoms with Crippen LogP contribution >= 0.6 is 0 Å². The summed E-state index contributed by atoms with van der Waals surface area (Å²) in [6, 6.07) is 0. The number of carbonyl (C=O) groups excluding carboxylic acids is 2. The summed E-state index contributed by atoms with van der Waals surface area (Å²) in [5.41, 5.74) is 0. The third-order valence-corrected chi connectivity index (χ3v) is 3.40. The van der Waals surface area contributed by atoms with E-state index in [1.807, 2.05) is 6.92 Å². The molecule has 0 bridgehead atoms. The van der Waals surface area contributed by atoms with E-state index in [1.54, 1.807) is 0 Å². The Morgan fingerprint density at radius 2 is 1.38 bits per heavy atom. The first kappa shape index (κ1) is 19.9. The fourth-order valence-corrected chi connectivity index (χ4v) is 2.12. The SMILES string of the molecule is CCCCCCCCCCCC(=O)NCC(=O)OCCC. The lowest BCUT2D eigenvalue weighted by Gasteiger charge is -2.05. The van der Waals surface area contributed by atoms with E-state index >= 15 is 0 Å². The smallest absolute Gasteiger partial charge is 0.325 e. The van der Waals surface area contributed by atoms with Gasteiger partial charge in [0.2, 0.25) is 5.91 Å². The van der Waals surface area contributed by atoms with Crippen LogP contribution in [0.25, 0.3) is 0 Å². The van der Waals surface area contributed by atoms with Crippen LogP contribution in [0, 0.1) is 0 Å². The van der Waals surface area contributed by atoms with Crippen LogP contribution in [-0.2, 0) is 14.3 Å². The van der Waals surface area contributed by atoms with Gasteiger partial charge in [-0.1, -0.05) is 65.2 Å². The van der Waals surface area contributed by atoms with Gasteiger partial charge in [0.1, 0.15) is 6.54 Å². The van der Waals surface area contributed by atoms with Gasteiger partial charge in [0, 0.05) is 6.42 Å². The van der Waals surface area contributed by atoms with E-state index in [2.05, 4.69) is 12.2 Å². The summed E-state index contributed by atoms with van der Waals surface area (Å²) >= 11 is 0. The number of hydrogen-bond acceptors (Lipinski definition) is 3. The van der Waals surface area contributed by atoms with Crippen molar-refractivity contribution in [3.05, 3.63) is 0 Å². The molecule has 0 fully saturated rings. The topological polar surface area (TPSA) is 55.4 Å². The number of ether oxygens (including phenoxy) is 1. The monoisotopic (exact) mass is 299 g/mol. The molecule has 0 aromatic rings. The highest BCUT2D eigenvalue weighted by Gasteiger charge is 2.05. The first-order valence-corrected chi connectivity index (χ1v) is 8.63. The van der Waals surface area contributed by atoms with Crippen molar-refractivity contribution in [2.24, 2.45) is 0 Å². The molecular weight excluding hydrogens is 266 g/mol. The minimum absolute atomic E-state index is 0.00371. The molecule has 124 valence electrons. The van der Waals surface area contributed by atoms with Gasteiger partial charge in [0.05, 0.1) is 6.61 Å². The Bertz CT molecular complexity index is 267. The predicted octanol–water partition coefficient (Wildman–Crippen LogP) is 3.98. The van der Waals surface area contributed by atoms with Gasteiger partial charge in [-0.2, -0.15) is 0 Å². The first-order valence-electron chi connectivity index (χ1n) is 8.63. The van der Waals surface area contributed by atoms with Gasteiger partial charge in [-0.3, -0.25) is 9.59 Å². The number of amides is 1. The van der Waals surface area contributed by atoms with Crippen LogP contribution in [0.2, 0.25) is 0 Å². The lowest BCUT2D eigenvalue weighted by Crippen LogP contribution is -2.30. The third kappa shape index (κ3) is 15.2. The molecule has 21 heavy (non-hydrogen) atoms. The second-order valence-electron chi connectivity index (χ2n) is 5.58. The summed E-state index contributed by atoms with van der Waals surface area (Å²) in [5.74, 6) is -0.399. The van der Waals surface area contributed by atoms with Crippen molar-refractivity contribution in [3.63, 3.8) is 0 Å². The summed E-state index contributed by atoms with van der Waals surface area (Å²) in [6.45, 7) is 4.59. The van der Waals surface area contributed by atoms with Crippen molar-refractivity contribution < 1.29 is 14.3 Å². The van der Waals surface area contributed by atoms with Gasteiger partial charge >= 0.3 is 5.97 Å². The molecule has 0 aliphatic heterocycles. The van der Waals surface area contributed by atoms with E-state index in [0.29, 0.717) is 13.0 Å². The van der Waals surface area contributed by atoms with Crippen LogP contribution < -0.4 is 5.32 Å². The standard InChI is InChI=1S/C17H33NO3/c1-3-5-6-7-8-9-10-11-12-13-16(19)18-15-17(20)21-14-4-2/h3-15H2,1-2H3,(H,18,19). The predicted molar refractivity (Wildman–Crippen MR) is 86.1 cm³/mol. The third-order valence-electron chi connectivity index (χ3n) is 3.40. The highest BCUT2D eigenvalue weighted by atomic mass is 16.5. The van der Waals surface area contributed by atoms with Crippen LogP contribution in [0.3, 0.4) is 0 Å². The van der Waals surface area contributed by atoms with Crippen molar-refractivity contribution in [1.29, 1.82) is 0 Å². The molecule has 0 rings (SSSR count). The van der Waals surface area contributed by atoms with Crippen LogP contribution in [0.4, 0.5) is 0 Å². The lowest BCUT2D eigenvalue weighted by atomic mass is 10.1. The zero-order valence-corrected chi connectivity index (χ0v) is 13.9. The molecule has 4 heteroatoms. The molecule has 0 aromatic heterocycles. The second kappa shape index (κ2) is 15.3. The summed E-state index contributed by atoms with van der Waals surface area (Å²) in [6.07, 6.45) is 12.5. The molecule has 0 aliphatic carbocycles. The van der Waals surface area contributed by atoms with Gasteiger partial charge < -0.3 is 10.1 Å². The highest BCUT2D eigenvalue weighted by Crippen LogP contribution is 2.10. The molecule has 0 spiro atoms. The van der Waals surface area contributed by atoms with E-state index in [1.165, 1.54) is 44.9 Å². The molecule has 0 heterocycles. The molecule has 0 radical (unpaired) electrons. The van der Waals surface area contributed by atoms with Crippen LogP contribution in [0.5, 0.6) is 0 Å². The Morgan fingerprint density at radius 3 is 1.95 bits per heavy atom. The molecular formula is C17H33NO3. The zero-order valence-electron chi connectivity index (χ0n) is 13.9.